The summed E-state index contributed by atoms with van der Waals surface area (Å²) in [5.41, 5.74) is 2.73. The maximum Gasteiger partial charge on any atom is 0.290 e. The van der Waals surface area contributed by atoms with Crippen LogP contribution < -0.4 is 0 Å². The van der Waals surface area contributed by atoms with Crippen molar-refractivity contribution in [1.82, 2.24) is 4.90 Å². The second kappa shape index (κ2) is 7.84. The number of benzene rings is 1. The Morgan fingerprint density at radius 3 is 2.61 bits per heavy atom. The lowest BCUT2D eigenvalue weighted by molar-refractivity contribution is -0.122. The number of nitrogens with zero attached hydrogens (tertiary/aromatic N) is 1. The van der Waals surface area contributed by atoms with Gasteiger partial charge < -0.3 is 9.84 Å². The van der Waals surface area contributed by atoms with E-state index in [4.69, 9.17) is 14.6 Å². The highest BCUT2D eigenvalue weighted by atomic mass is 16.5. The van der Waals surface area contributed by atoms with Crippen LogP contribution in [0.4, 0.5) is 0 Å². The first kappa shape index (κ1) is 14.7. The van der Waals surface area contributed by atoms with Gasteiger partial charge in [-0.25, -0.2) is 0 Å². The van der Waals surface area contributed by atoms with E-state index >= 15 is 0 Å². The van der Waals surface area contributed by atoms with Crippen molar-refractivity contribution >= 4 is 6.47 Å². The Bertz CT molecular complexity index is 351. The molecule has 1 N–H and O–H groups in total. The number of rotatable bonds is 2. The van der Waals surface area contributed by atoms with Crippen LogP contribution in [-0.4, -0.2) is 42.3 Å². The van der Waals surface area contributed by atoms with Crippen LogP contribution in [0, 0.1) is 6.92 Å². The Kier molecular flexibility index (Phi) is 6.39. The number of morpholine rings is 1. The van der Waals surface area contributed by atoms with Crippen LogP contribution in [0.15, 0.2) is 24.3 Å². The summed E-state index contributed by atoms with van der Waals surface area (Å²) in [5, 5.41) is 6.89. The van der Waals surface area contributed by atoms with Crippen molar-refractivity contribution in [2.24, 2.45) is 0 Å². The predicted molar refractivity (Wildman–Crippen MR) is 70.6 cm³/mol. The molecule has 1 aromatic rings. The molecule has 1 aliphatic heterocycles. The summed E-state index contributed by atoms with van der Waals surface area (Å²) in [5.74, 6) is 0. The molecule has 1 aromatic carbocycles. The van der Waals surface area contributed by atoms with Gasteiger partial charge >= 0.3 is 0 Å². The molecule has 0 amide bonds. The maximum absolute atomic E-state index is 8.36. The first-order valence-electron chi connectivity index (χ1n) is 6.12. The van der Waals surface area contributed by atoms with Gasteiger partial charge in [0.15, 0.2) is 0 Å². The lowest BCUT2D eigenvalue weighted by Crippen LogP contribution is -2.42. The molecule has 1 saturated heterocycles. The van der Waals surface area contributed by atoms with Gasteiger partial charge in [-0.05, 0) is 19.4 Å². The molecule has 0 spiro atoms. The van der Waals surface area contributed by atoms with Crippen molar-refractivity contribution < 1.29 is 14.6 Å². The number of aryl methyl sites for hydroxylation is 1. The van der Waals surface area contributed by atoms with E-state index in [1.165, 1.54) is 11.1 Å². The fourth-order valence-electron chi connectivity index (χ4n) is 1.92. The minimum atomic E-state index is -0.250. The molecule has 4 nitrogen and oxygen atoms in total. The number of hydrogen-bond donors (Lipinski definition) is 1. The van der Waals surface area contributed by atoms with Crippen LogP contribution in [0.1, 0.15) is 18.1 Å². The van der Waals surface area contributed by atoms with Gasteiger partial charge in [-0.2, -0.15) is 0 Å². The van der Waals surface area contributed by atoms with E-state index in [1.807, 2.05) is 0 Å². The summed E-state index contributed by atoms with van der Waals surface area (Å²) in [4.78, 5) is 10.8. The molecule has 0 radical (unpaired) electrons. The molecular formula is C14H21NO3. The van der Waals surface area contributed by atoms with Crippen LogP contribution in [0.25, 0.3) is 0 Å². The molecule has 4 heteroatoms. The lowest BCUT2D eigenvalue weighted by Gasteiger charge is -2.33. The van der Waals surface area contributed by atoms with E-state index in [-0.39, 0.29) is 6.47 Å². The predicted octanol–water partition coefficient (Wildman–Crippen LogP) is 1.92. The van der Waals surface area contributed by atoms with Crippen LogP contribution >= 0.6 is 0 Å². The standard InChI is InChI=1S/C13H19NO.CH2O2/c1-11-3-5-13(6-4-11)9-14-7-8-15-10-12(14)2;2-1-3/h3-6,12H,7-10H2,1-2H3;1H,(H,2,3)/t12-;/m0./s1. The summed E-state index contributed by atoms with van der Waals surface area (Å²) in [6.45, 7) is 7.94. The quantitative estimate of drug-likeness (QED) is 0.816. The Hall–Kier alpha value is -1.39. The topological polar surface area (TPSA) is 49.8 Å². The summed E-state index contributed by atoms with van der Waals surface area (Å²) in [7, 11) is 0. The van der Waals surface area contributed by atoms with E-state index in [1.54, 1.807) is 0 Å². The maximum atomic E-state index is 8.36. The molecule has 0 bridgehead atoms. The smallest absolute Gasteiger partial charge is 0.290 e. The average molecular weight is 251 g/mol. The minimum Gasteiger partial charge on any atom is -0.483 e. The highest BCUT2D eigenvalue weighted by molar-refractivity contribution is 5.32. The van der Waals surface area contributed by atoms with E-state index in [2.05, 4.69) is 43.0 Å². The van der Waals surface area contributed by atoms with Gasteiger partial charge in [0.05, 0.1) is 13.2 Å². The highest BCUT2D eigenvalue weighted by Gasteiger charge is 2.18. The molecule has 18 heavy (non-hydrogen) atoms. The first-order valence-corrected chi connectivity index (χ1v) is 6.12. The van der Waals surface area contributed by atoms with E-state index in [0.29, 0.717) is 6.04 Å². The Labute approximate surface area is 108 Å². The molecule has 100 valence electrons. The molecule has 0 unspecified atom stereocenters. The van der Waals surface area contributed by atoms with Crippen molar-refractivity contribution in [3.05, 3.63) is 35.4 Å². The molecule has 0 saturated carbocycles. The molecular weight excluding hydrogens is 230 g/mol. The van der Waals surface area contributed by atoms with Crippen molar-refractivity contribution in [3.8, 4) is 0 Å². The molecule has 2 rings (SSSR count). The molecule has 1 heterocycles. The third-order valence-electron chi connectivity index (χ3n) is 3.01. The van der Waals surface area contributed by atoms with E-state index in [0.717, 1.165) is 26.3 Å². The molecule has 0 aliphatic carbocycles. The zero-order valence-corrected chi connectivity index (χ0v) is 11.0. The van der Waals surface area contributed by atoms with E-state index in [9.17, 15) is 0 Å². The molecule has 1 atom stereocenters. The second-order valence-corrected chi connectivity index (χ2v) is 4.49. The number of hydrogen-bond acceptors (Lipinski definition) is 3. The van der Waals surface area contributed by atoms with Crippen molar-refractivity contribution in [3.63, 3.8) is 0 Å². The van der Waals surface area contributed by atoms with Gasteiger partial charge in [-0.1, -0.05) is 29.8 Å². The van der Waals surface area contributed by atoms with Crippen LogP contribution in [-0.2, 0) is 16.1 Å². The van der Waals surface area contributed by atoms with Gasteiger partial charge in [-0.15, -0.1) is 0 Å². The largest absolute Gasteiger partial charge is 0.483 e. The van der Waals surface area contributed by atoms with Gasteiger partial charge in [-0.3, -0.25) is 9.69 Å². The number of carbonyl (C=O) groups is 1. The molecule has 1 fully saturated rings. The van der Waals surface area contributed by atoms with Gasteiger partial charge in [0, 0.05) is 19.1 Å². The average Bonchev–Trinajstić information content (AvgIpc) is 2.36. The Balaban J connectivity index is 0.000000492. The fraction of sp³-hybridized carbons (Fsp3) is 0.500. The monoisotopic (exact) mass is 251 g/mol. The zero-order chi connectivity index (χ0) is 13.4. The number of carboxylic acid groups (broad SMARTS) is 1. The van der Waals surface area contributed by atoms with Crippen molar-refractivity contribution in [2.45, 2.75) is 26.4 Å². The van der Waals surface area contributed by atoms with Gasteiger partial charge in [0.1, 0.15) is 0 Å². The number of ether oxygens (including phenoxy) is 1. The molecule has 0 aromatic heterocycles. The van der Waals surface area contributed by atoms with E-state index < -0.39 is 0 Å². The minimum absolute atomic E-state index is 0.250. The fourth-order valence-corrected chi connectivity index (χ4v) is 1.92. The summed E-state index contributed by atoms with van der Waals surface area (Å²) >= 11 is 0. The first-order chi connectivity index (χ1) is 8.67. The van der Waals surface area contributed by atoms with Crippen LogP contribution in [0.5, 0.6) is 0 Å². The van der Waals surface area contributed by atoms with Gasteiger partial charge in [0.25, 0.3) is 6.47 Å². The Morgan fingerprint density at radius 2 is 2.06 bits per heavy atom. The Morgan fingerprint density at radius 1 is 1.44 bits per heavy atom. The summed E-state index contributed by atoms with van der Waals surface area (Å²) < 4.78 is 5.43. The third kappa shape index (κ3) is 4.85. The second-order valence-electron chi connectivity index (χ2n) is 4.49. The highest BCUT2D eigenvalue weighted by Crippen LogP contribution is 2.12. The van der Waals surface area contributed by atoms with Crippen LogP contribution in [0.3, 0.4) is 0 Å². The normalized spacial score (nSPS) is 19.8. The van der Waals surface area contributed by atoms with Crippen molar-refractivity contribution in [2.75, 3.05) is 19.8 Å². The molecule has 1 aliphatic rings. The van der Waals surface area contributed by atoms with Gasteiger partial charge in [0.2, 0.25) is 0 Å². The summed E-state index contributed by atoms with van der Waals surface area (Å²) in [6, 6.07) is 9.34. The lowest BCUT2D eigenvalue weighted by atomic mass is 10.1. The summed E-state index contributed by atoms with van der Waals surface area (Å²) in [6.07, 6.45) is 0. The SMILES string of the molecule is Cc1ccc(CN2CCOC[C@@H]2C)cc1.O=CO. The zero-order valence-electron chi connectivity index (χ0n) is 11.0. The van der Waals surface area contributed by atoms with Crippen molar-refractivity contribution in [1.29, 1.82) is 0 Å². The van der Waals surface area contributed by atoms with Crippen LogP contribution in [0.2, 0.25) is 0 Å². The third-order valence-corrected chi connectivity index (χ3v) is 3.01.